The molecule has 0 N–H and O–H groups in total. The van der Waals surface area contributed by atoms with Crippen molar-refractivity contribution < 1.29 is 0 Å². The van der Waals surface area contributed by atoms with Crippen molar-refractivity contribution in [1.29, 1.82) is 0 Å². The first-order valence-electron chi connectivity index (χ1n) is 60.9. The summed E-state index contributed by atoms with van der Waals surface area (Å²) in [5.41, 5.74) is 28.9. The molecule has 4 aliphatic heterocycles. The Bertz CT molecular complexity index is 6300. The van der Waals surface area contributed by atoms with Gasteiger partial charge in [-0.3, -0.25) is 0 Å². The van der Waals surface area contributed by atoms with E-state index < -0.39 is 40.4 Å². The Morgan fingerprint density at radius 2 is 0.625 bits per heavy atom. The molecule has 9 fully saturated rings. The Labute approximate surface area is 880 Å². The number of aryl methyl sites for hydroxylation is 1. The van der Waals surface area contributed by atoms with Gasteiger partial charge in [-0.05, 0) is 331 Å². The fraction of sp³-hybridized carbons (Fsp3) is 0.568. The third kappa shape index (κ3) is 19.1. The molecule has 25 rings (SSSR count). The number of rotatable bonds is 20. The van der Waals surface area contributed by atoms with Crippen LogP contribution in [-0.4, -0.2) is 40.4 Å². The minimum atomic E-state index is -1.33. The largest absolute Gasteiger partial charge is 0.0805 e. The van der Waals surface area contributed by atoms with Gasteiger partial charge in [0.2, 0.25) is 0 Å². The van der Waals surface area contributed by atoms with Crippen LogP contribution in [0.4, 0.5) is 0 Å². The lowest BCUT2D eigenvalue weighted by atomic mass is 9.70. The quantitative estimate of drug-likeness (QED) is 0.0527. The van der Waals surface area contributed by atoms with Gasteiger partial charge in [-0.25, -0.2) is 0 Å². The summed E-state index contributed by atoms with van der Waals surface area (Å²) in [7, 11) is -6.16. The summed E-state index contributed by atoms with van der Waals surface area (Å²) in [6.07, 6.45) is 58.7. The molecule has 5 saturated carbocycles. The van der Waals surface area contributed by atoms with E-state index >= 15 is 0 Å². The summed E-state index contributed by atoms with van der Waals surface area (Å²) < 4.78 is 0. The zero-order chi connectivity index (χ0) is 99.8. The molecule has 4 saturated heterocycles. The number of benzene rings is 9. The fourth-order valence-corrected chi connectivity index (χ4v) is 74.9. The van der Waals surface area contributed by atoms with E-state index in [2.05, 4.69) is 348 Å². The summed E-state index contributed by atoms with van der Waals surface area (Å²) in [5.74, 6) is 16.9. The molecule has 0 radical (unpaired) electrons. The van der Waals surface area contributed by atoms with E-state index in [1.54, 1.807) is 139 Å². The van der Waals surface area contributed by atoms with Gasteiger partial charge in [-0.15, -0.1) is 0 Å². The molecular formula is C139H188Si5. The Morgan fingerprint density at radius 3 is 1.06 bits per heavy atom. The summed E-state index contributed by atoms with van der Waals surface area (Å²) in [4.78, 5) is 0. The van der Waals surface area contributed by atoms with Crippen LogP contribution in [0, 0.1) is 108 Å². The van der Waals surface area contributed by atoms with Crippen LogP contribution in [0.2, 0.25) is 119 Å². The monoisotopic (exact) mass is 2000 g/mol. The molecule has 0 spiro atoms. The predicted octanol–water partition coefficient (Wildman–Crippen LogP) is 41.9. The molecule has 144 heavy (non-hydrogen) atoms. The van der Waals surface area contributed by atoms with Crippen LogP contribution in [0.25, 0.3) is 72.5 Å². The molecule has 0 aromatic heterocycles. The maximum atomic E-state index is 2.75. The normalized spacial score (nSPS) is 31.4. The average Bonchev–Trinajstić information content (AvgIpc) is 1.40. The Morgan fingerprint density at radius 1 is 0.306 bits per heavy atom. The van der Waals surface area contributed by atoms with Gasteiger partial charge in [0, 0.05) is 0 Å². The average molecular weight is 2000 g/mol. The Balaban J connectivity index is 0.000000108. The lowest BCUT2D eigenvalue weighted by molar-refractivity contribution is 0.507. The zero-order valence-electron chi connectivity index (χ0n) is 93.3. The molecule has 9 aromatic carbocycles. The Kier molecular flexibility index (Phi) is 30.9. The first-order valence-corrected chi connectivity index (χ1v) is 74.9. The smallest absolute Gasteiger partial charge is 0.0578 e. The summed E-state index contributed by atoms with van der Waals surface area (Å²) >= 11 is 0. The van der Waals surface area contributed by atoms with Gasteiger partial charge < -0.3 is 0 Å². The van der Waals surface area contributed by atoms with Crippen molar-refractivity contribution in [2.24, 2.45) is 101 Å². The molecule has 12 aliphatic carbocycles. The van der Waals surface area contributed by atoms with Crippen molar-refractivity contribution in [3.63, 3.8) is 0 Å². The molecule has 4 heterocycles. The molecule has 9 aromatic rings. The van der Waals surface area contributed by atoms with E-state index in [4.69, 9.17) is 0 Å². The van der Waals surface area contributed by atoms with Gasteiger partial charge >= 0.3 is 0 Å². The van der Waals surface area contributed by atoms with Crippen molar-refractivity contribution in [2.75, 3.05) is 0 Å². The summed E-state index contributed by atoms with van der Waals surface area (Å²) in [5, 5.41) is 11.9. The molecule has 764 valence electrons. The maximum absolute atomic E-state index is 2.75. The van der Waals surface area contributed by atoms with Gasteiger partial charge in [0.05, 0.1) is 40.4 Å². The molecule has 25 unspecified atom stereocenters. The third-order valence-corrected chi connectivity index (χ3v) is 75.5. The summed E-state index contributed by atoms with van der Waals surface area (Å²) in [6.45, 7) is 45.4. The highest BCUT2D eigenvalue weighted by molar-refractivity contribution is 6.83. The second-order valence-corrected chi connectivity index (χ2v) is 78.1. The first kappa shape index (κ1) is 103. The van der Waals surface area contributed by atoms with E-state index in [-0.39, 0.29) is 0 Å². The number of fused-ring (bicyclic) bond motifs is 19. The molecule has 0 nitrogen and oxygen atoms in total. The Hall–Kier alpha value is -6.72. The van der Waals surface area contributed by atoms with E-state index in [0.717, 1.165) is 153 Å². The maximum Gasteiger partial charge on any atom is 0.0578 e. The van der Waals surface area contributed by atoms with Gasteiger partial charge in [-0.2, -0.15) is 0 Å². The second-order valence-electron chi connectivity index (χ2n) is 53.8. The molecular weight excluding hydrogens is 1810 g/mol. The van der Waals surface area contributed by atoms with E-state index in [9.17, 15) is 0 Å². The molecule has 0 bridgehead atoms. The molecule has 0 amide bonds. The second kappa shape index (κ2) is 43.2. The number of allylic oxidation sites excluding steroid dienone is 11. The van der Waals surface area contributed by atoms with Crippen LogP contribution < -0.4 is 0 Å². The topological polar surface area (TPSA) is 0 Å². The van der Waals surface area contributed by atoms with Gasteiger partial charge in [0.1, 0.15) is 0 Å². The van der Waals surface area contributed by atoms with Crippen molar-refractivity contribution in [1.82, 2.24) is 0 Å². The highest BCUT2D eigenvalue weighted by Crippen LogP contribution is 2.70. The van der Waals surface area contributed by atoms with Crippen molar-refractivity contribution >= 4 is 113 Å². The highest BCUT2D eigenvalue weighted by Gasteiger charge is 2.61. The van der Waals surface area contributed by atoms with Crippen LogP contribution in [0.3, 0.4) is 0 Å². The lowest BCUT2D eigenvalue weighted by Crippen LogP contribution is -2.46. The lowest BCUT2D eigenvalue weighted by Gasteiger charge is -2.47. The fourth-order valence-electron chi connectivity index (χ4n) is 38.7. The van der Waals surface area contributed by atoms with E-state index in [1.807, 2.05) is 0 Å². The van der Waals surface area contributed by atoms with Gasteiger partial charge in [0.15, 0.2) is 0 Å². The summed E-state index contributed by atoms with van der Waals surface area (Å²) in [6, 6.07) is 83.4. The minimum absolute atomic E-state index is 0.714. The van der Waals surface area contributed by atoms with Gasteiger partial charge in [0.25, 0.3) is 0 Å². The molecule has 25 atom stereocenters. The first-order chi connectivity index (χ1) is 69.8. The zero-order valence-corrected chi connectivity index (χ0v) is 98.3. The number of hydrogen-bond acceptors (Lipinski definition) is 0. The van der Waals surface area contributed by atoms with E-state index in [1.165, 1.54) is 201 Å². The SMILES string of the molecule is CCC(C)C[Si](C)(C)C1C(C)CC2c3ccccc3C=CC21.CCC(C)C[Si]1(C2C(C)CC3C4=C(C=CC32)Cc2cccc3c(C)c5ccccc5c4c23)CCCCC1.CCC(C)C[Si]1(C2C(C)CC3C4=C(C=CC32)Cc2cccc3cc5ccccc5c4c23)CCCCC1.CCC(C)C[Si]1(C2C(C)CC3c4ccccc4C=CC32)CCCC1.CCC(C)C[Si]1(C2C(C)CC3c4ccccc4C=CC32)CCCCC1. The van der Waals surface area contributed by atoms with Gasteiger partial charge in [-0.1, -0.05) is 517 Å². The van der Waals surface area contributed by atoms with Crippen LogP contribution in [0.1, 0.15) is 318 Å². The van der Waals surface area contributed by atoms with Crippen LogP contribution in [0.15, 0.2) is 217 Å². The van der Waals surface area contributed by atoms with Crippen molar-refractivity contribution in [3.8, 4) is 0 Å². The van der Waals surface area contributed by atoms with Crippen molar-refractivity contribution in [3.05, 3.63) is 279 Å². The van der Waals surface area contributed by atoms with Crippen LogP contribution in [-0.2, 0) is 12.8 Å². The van der Waals surface area contributed by atoms with E-state index in [0.29, 0.717) is 5.92 Å². The standard InChI is InChI=1S/C36H44Si.C35H42Si.C24H36Si.C23H34Si.C21H32Si/c1-5-23(2)22-37(18-9-6-10-19-37)36-24(3)20-32-31(36)17-16-27-21-26-12-11-15-29-25(4)28-13-7-8-14-30(28)35(33(26)29)34(27)32;1-4-23(2)22-36(17-8-5-9-18-36)35-24(3)19-31-30(35)16-15-28-21-27-13-10-12-26-20-25-11-6-7-14-29(25)34(32(26)27)33(28)31;1-4-18(2)17-25(14-8-5-9-15-25)24-19(3)16-23-21-11-7-6-10-20(21)12-13-22(23)24;1-4-17(2)16-24(13-7-8-14-24)23-18(3)15-22-20-10-6-5-9-19(20)11-12-21(22)23;1-6-15(2)14-22(4,5)21-16(3)13-20-18-10-8-7-9-17(18)11-12-19(20)21/h7-8,11-17,23-24,31-32,36H,5-6,9-10,18-22H2,1-4H3;6-7,10-16,20,23-24,30-31,35H,4-5,8-9,17-19,21-22H2,1-3H3;6-7,10-13,18-19,22-24H,4-5,8-9,14-17H2,1-3H3;5-6,9-12,17-18,21-23H,4,7-8,13-16H2,1-3H3;7-12,15-16,19-21H,6,13-14H2,1-5H3. The minimum Gasteiger partial charge on any atom is -0.0805 e. The van der Waals surface area contributed by atoms with Crippen LogP contribution >= 0.6 is 0 Å². The van der Waals surface area contributed by atoms with Crippen molar-refractivity contribution in [2.45, 2.75) is 396 Å². The van der Waals surface area contributed by atoms with Crippen LogP contribution in [0.5, 0.6) is 0 Å². The molecule has 5 heteroatoms. The predicted molar refractivity (Wildman–Crippen MR) is 645 cm³/mol. The third-order valence-electron chi connectivity index (χ3n) is 44.7. The molecule has 16 aliphatic rings. The highest BCUT2D eigenvalue weighted by atomic mass is 28.3. The number of hydrogen-bond donors (Lipinski definition) is 0.